The van der Waals surface area contributed by atoms with E-state index in [-0.39, 0.29) is 30.5 Å². The number of nitrogens with zero attached hydrogens (tertiary/aromatic N) is 2. The van der Waals surface area contributed by atoms with Gasteiger partial charge in [-0.05, 0) is 18.9 Å². The Labute approximate surface area is 164 Å². The highest BCUT2D eigenvalue weighted by molar-refractivity contribution is 5.88. The Balaban J connectivity index is 2.33. The number of para-hydroxylation sites is 1. The highest BCUT2D eigenvalue weighted by Gasteiger charge is 2.29. The molecule has 0 heterocycles. The van der Waals surface area contributed by atoms with Gasteiger partial charge in [0, 0.05) is 24.7 Å². The van der Waals surface area contributed by atoms with E-state index in [0.29, 0.717) is 18.5 Å². The lowest BCUT2D eigenvalue weighted by molar-refractivity contribution is -0.385. The van der Waals surface area contributed by atoms with Crippen LogP contribution in [0.25, 0.3) is 0 Å². The number of hydrogen-bond donors (Lipinski definition) is 1. The monoisotopic (exact) mass is 383 g/mol. The molecule has 2 aromatic rings. The number of nitro benzene ring substituents is 1. The molecule has 0 saturated heterocycles. The van der Waals surface area contributed by atoms with Crippen LogP contribution < -0.4 is 5.32 Å². The molecule has 0 saturated carbocycles. The fourth-order valence-corrected chi connectivity index (χ4v) is 3.09. The average Bonchev–Trinajstić information content (AvgIpc) is 2.69. The molecule has 1 atom stereocenters. The molecule has 0 unspecified atom stereocenters. The number of carbonyl (C=O) groups is 2. The van der Waals surface area contributed by atoms with Gasteiger partial charge in [0.15, 0.2) is 0 Å². The Morgan fingerprint density at radius 1 is 1.07 bits per heavy atom. The van der Waals surface area contributed by atoms with Crippen molar-refractivity contribution in [1.29, 1.82) is 0 Å². The van der Waals surface area contributed by atoms with Gasteiger partial charge in [-0.25, -0.2) is 0 Å². The van der Waals surface area contributed by atoms with Crippen LogP contribution in [0, 0.1) is 10.1 Å². The van der Waals surface area contributed by atoms with Crippen LogP contribution in [0.5, 0.6) is 0 Å². The molecule has 0 bridgehead atoms. The maximum Gasteiger partial charge on any atom is 0.273 e. The minimum absolute atomic E-state index is 0.0958. The SMILES string of the molecule is CCNC(=O)[C@@H](CC)N(Cc1ccccc1)C(=O)Cc1ccccc1[N+](=O)[O-]. The van der Waals surface area contributed by atoms with Crippen LogP contribution in [-0.2, 0) is 22.6 Å². The summed E-state index contributed by atoms with van der Waals surface area (Å²) in [4.78, 5) is 37.9. The minimum atomic E-state index is -0.643. The van der Waals surface area contributed by atoms with E-state index < -0.39 is 11.0 Å². The molecule has 0 aliphatic heterocycles. The number of nitro groups is 1. The largest absolute Gasteiger partial charge is 0.355 e. The molecule has 7 nitrogen and oxygen atoms in total. The second kappa shape index (κ2) is 10.2. The first kappa shape index (κ1) is 21.1. The van der Waals surface area contributed by atoms with Crippen molar-refractivity contribution in [3.63, 3.8) is 0 Å². The van der Waals surface area contributed by atoms with Crippen LogP contribution >= 0.6 is 0 Å². The Morgan fingerprint density at radius 3 is 2.32 bits per heavy atom. The van der Waals surface area contributed by atoms with Gasteiger partial charge in [0.25, 0.3) is 5.69 Å². The van der Waals surface area contributed by atoms with Crippen molar-refractivity contribution in [2.75, 3.05) is 6.54 Å². The number of hydrogen-bond acceptors (Lipinski definition) is 4. The molecular formula is C21H25N3O4. The van der Waals surface area contributed by atoms with Gasteiger partial charge < -0.3 is 10.2 Å². The first-order valence-corrected chi connectivity index (χ1v) is 9.31. The molecule has 0 aliphatic carbocycles. The average molecular weight is 383 g/mol. The van der Waals surface area contributed by atoms with Crippen LogP contribution in [0.3, 0.4) is 0 Å². The molecule has 0 radical (unpaired) electrons. The zero-order valence-corrected chi connectivity index (χ0v) is 16.1. The van der Waals surface area contributed by atoms with Gasteiger partial charge in [-0.1, -0.05) is 55.5 Å². The summed E-state index contributed by atoms with van der Waals surface area (Å²) in [5, 5.41) is 14.0. The topological polar surface area (TPSA) is 92.6 Å². The Hall–Kier alpha value is -3.22. The minimum Gasteiger partial charge on any atom is -0.355 e. The lowest BCUT2D eigenvalue weighted by Gasteiger charge is -2.30. The third-order valence-electron chi connectivity index (χ3n) is 4.46. The normalized spacial score (nSPS) is 11.5. The third-order valence-corrected chi connectivity index (χ3v) is 4.46. The first-order valence-electron chi connectivity index (χ1n) is 9.31. The molecule has 148 valence electrons. The molecular weight excluding hydrogens is 358 g/mol. The van der Waals surface area contributed by atoms with E-state index in [1.54, 1.807) is 18.2 Å². The lowest BCUT2D eigenvalue weighted by Crippen LogP contribution is -2.49. The quantitative estimate of drug-likeness (QED) is 0.532. The molecule has 2 amide bonds. The molecule has 2 aromatic carbocycles. The van der Waals surface area contributed by atoms with Crippen molar-refractivity contribution in [3.05, 3.63) is 75.8 Å². The molecule has 0 spiro atoms. The third kappa shape index (κ3) is 5.39. The number of rotatable bonds is 9. The molecule has 0 aromatic heterocycles. The van der Waals surface area contributed by atoms with Crippen LogP contribution in [-0.4, -0.2) is 34.2 Å². The fraction of sp³-hybridized carbons (Fsp3) is 0.333. The molecule has 2 rings (SSSR count). The number of likely N-dealkylation sites (N-methyl/N-ethyl adjacent to an activating group) is 1. The van der Waals surface area contributed by atoms with Crippen molar-refractivity contribution < 1.29 is 14.5 Å². The summed E-state index contributed by atoms with van der Waals surface area (Å²) in [6, 6.07) is 14.9. The molecule has 7 heteroatoms. The maximum atomic E-state index is 13.1. The summed E-state index contributed by atoms with van der Waals surface area (Å²) in [5.74, 6) is -0.548. The van der Waals surface area contributed by atoms with Crippen molar-refractivity contribution >= 4 is 17.5 Å². The lowest BCUT2D eigenvalue weighted by atomic mass is 10.1. The van der Waals surface area contributed by atoms with Crippen molar-refractivity contribution in [2.45, 2.75) is 39.3 Å². The zero-order chi connectivity index (χ0) is 20.5. The van der Waals surface area contributed by atoms with E-state index in [0.717, 1.165) is 5.56 Å². The number of amides is 2. The van der Waals surface area contributed by atoms with Gasteiger partial charge in [0.2, 0.25) is 11.8 Å². The van der Waals surface area contributed by atoms with Gasteiger partial charge in [0.1, 0.15) is 6.04 Å². The van der Waals surface area contributed by atoms with E-state index in [4.69, 9.17) is 0 Å². The van der Waals surface area contributed by atoms with E-state index >= 15 is 0 Å². The summed E-state index contributed by atoms with van der Waals surface area (Å²) >= 11 is 0. The molecule has 0 fully saturated rings. The number of nitrogens with one attached hydrogen (secondary N) is 1. The van der Waals surface area contributed by atoms with E-state index in [2.05, 4.69) is 5.32 Å². The van der Waals surface area contributed by atoms with Gasteiger partial charge in [0.05, 0.1) is 11.3 Å². The summed E-state index contributed by atoms with van der Waals surface area (Å²) < 4.78 is 0. The van der Waals surface area contributed by atoms with Crippen LogP contribution in [0.15, 0.2) is 54.6 Å². The van der Waals surface area contributed by atoms with Gasteiger partial charge in [-0.15, -0.1) is 0 Å². The fourth-order valence-electron chi connectivity index (χ4n) is 3.09. The van der Waals surface area contributed by atoms with Crippen LogP contribution in [0.2, 0.25) is 0 Å². The highest BCUT2D eigenvalue weighted by Crippen LogP contribution is 2.21. The van der Waals surface area contributed by atoms with Crippen molar-refractivity contribution in [2.24, 2.45) is 0 Å². The Morgan fingerprint density at radius 2 is 1.71 bits per heavy atom. The smallest absolute Gasteiger partial charge is 0.273 e. The summed E-state index contributed by atoms with van der Waals surface area (Å²) in [7, 11) is 0. The standard InChI is InChI=1S/C21H25N3O4/c1-3-18(21(26)22-4-2)23(15-16-10-6-5-7-11-16)20(25)14-17-12-8-9-13-19(17)24(27)28/h5-13,18H,3-4,14-15H2,1-2H3,(H,22,26)/t18-/m1/s1. The summed E-state index contributed by atoms with van der Waals surface area (Å²) in [5.41, 5.74) is 1.13. The molecule has 0 aliphatic rings. The zero-order valence-electron chi connectivity index (χ0n) is 16.1. The van der Waals surface area contributed by atoms with Gasteiger partial charge in [-0.3, -0.25) is 19.7 Å². The van der Waals surface area contributed by atoms with Gasteiger partial charge in [-0.2, -0.15) is 0 Å². The Bertz CT molecular complexity index is 823. The van der Waals surface area contributed by atoms with Gasteiger partial charge >= 0.3 is 0 Å². The number of benzene rings is 2. The second-order valence-electron chi connectivity index (χ2n) is 6.39. The number of carbonyl (C=O) groups excluding carboxylic acids is 2. The first-order chi connectivity index (χ1) is 13.5. The molecule has 28 heavy (non-hydrogen) atoms. The maximum absolute atomic E-state index is 13.1. The van der Waals surface area contributed by atoms with E-state index in [1.807, 2.05) is 44.2 Å². The van der Waals surface area contributed by atoms with Crippen LogP contribution in [0.4, 0.5) is 5.69 Å². The highest BCUT2D eigenvalue weighted by atomic mass is 16.6. The van der Waals surface area contributed by atoms with Crippen LogP contribution in [0.1, 0.15) is 31.4 Å². The summed E-state index contributed by atoms with van der Waals surface area (Å²) in [6.07, 6.45) is 0.307. The van der Waals surface area contributed by atoms with E-state index in [9.17, 15) is 19.7 Å². The molecule has 1 N–H and O–H groups in total. The summed E-state index contributed by atoms with van der Waals surface area (Å²) in [6.45, 7) is 4.39. The van der Waals surface area contributed by atoms with Crippen molar-refractivity contribution in [1.82, 2.24) is 10.2 Å². The van der Waals surface area contributed by atoms with Crippen molar-refractivity contribution in [3.8, 4) is 0 Å². The van der Waals surface area contributed by atoms with E-state index in [1.165, 1.54) is 11.0 Å². The predicted molar refractivity (Wildman–Crippen MR) is 107 cm³/mol. The predicted octanol–water partition coefficient (Wildman–Crippen LogP) is 3.08. The second-order valence-corrected chi connectivity index (χ2v) is 6.39. The Kier molecular flexibility index (Phi) is 7.68.